The van der Waals surface area contributed by atoms with Crippen LogP contribution < -0.4 is 10.5 Å². The molecule has 1 aromatic rings. The zero-order valence-corrected chi connectivity index (χ0v) is 13.7. The number of nitrogens with zero attached hydrogens (tertiary/aromatic N) is 2. The second-order valence-corrected chi connectivity index (χ2v) is 6.58. The van der Waals surface area contributed by atoms with Gasteiger partial charge in [-0.25, -0.2) is 13.1 Å². The monoisotopic (exact) mass is 332 g/mol. The summed E-state index contributed by atoms with van der Waals surface area (Å²) < 4.78 is 32.0. The molecule has 0 saturated carbocycles. The Hall–Kier alpha value is -1.13. The molecule has 0 radical (unpaired) electrons. The number of aromatic nitrogens is 1. The highest BCUT2D eigenvalue weighted by Gasteiger charge is 2.20. The van der Waals surface area contributed by atoms with E-state index in [1.165, 1.54) is 18.3 Å². The average molecular weight is 332 g/mol. The van der Waals surface area contributed by atoms with Gasteiger partial charge in [0.05, 0.1) is 6.61 Å². The summed E-state index contributed by atoms with van der Waals surface area (Å²) in [6, 6.07) is 2.96. The SMILES string of the molecule is COCCN(C)CCNS(=O)(=O)c1cccnc1C(N)=S. The van der Waals surface area contributed by atoms with Crippen LogP contribution in [0, 0.1) is 0 Å². The topological polar surface area (TPSA) is 97.5 Å². The third-order valence-electron chi connectivity index (χ3n) is 2.76. The average Bonchev–Trinajstić information content (AvgIpc) is 2.44. The fourth-order valence-corrected chi connectivity index (χ4v) is 3.02. The maximum absolute atomic E-state index is 12.2. The normalized spacial score (nSPS) is 11.8. The summed E-state index contributed by atoms with van der Waals surface area (Å²) in [4.78, 5) is 5.83. The zero-order chi connectivity index (χ0) is 15.9. The zero-order valence-electron chi connectivity index (χ0n) is 12.1. The predicted molar refractivity (Wildman–Crippen MR) is 84.7 cm³/mol. The van der Waals surface area contributed by atoms with Crippen LogP contribution in [0.15, 0.2) is 23.2 Å². The van der Waals surface area contributed by atoms with Crippen LogP contribution in [0.5, 0.6) is 0 Å². The van der Waals surface area contributed by atoms with Crippen LogP contribution in [0.1, 0.15) is 5.69 Å². The van der Waals surface area contributed by atoms with E-state index >= 15 is 0 Å². The first-order chi connectivity index (χ1) is 9.88. The second kappa shape index (κ2) is 8.35. The summed E-state index contributed by atoms with van der Waals surface area (Å²) in [5.41, 5.74) is 5.60. The molecular weight excluding hydrogens is 312 g/mol. The van der Waals surface area contributed by atoms with Crippen LogP contribution in [0.25, 0.3) is 0 Å². The lowest BCUT2D eigenvalue weighted by Crippen LogP contribution is -2.35. The summed E-state index contributed by atoms with van der Waals surface area (Å²) in [6.45, 7) is 2.15. The van der Waals surface area contributed by atoms with Crippen molar-refractivity contribution in [3.8, 4) is 0 Å². The minimum atomic E-state index is -3.69. The van der Waals surface area contributed by atoms with Gasteiger partial charge in [-0.2, -0.15) is 0 Å². The Balaban J connectivity index is 2.68. The Morgan fingerprint density at radius 1 is 1.52 bits per heavy atom. The summed E-state index contributed by atoms with van der Waals surface area (Å²) in [6.07, 6.45) is 1.45. The molecule has 1 rings (SSSR count). The van der Waals surface area contributed by atoms with Crippen molar-refractivity contribution in [2.75, 3.05) is 40.4 Å². The van der Waals surface area contributed by atoms with Gasteiger partial charge in [-0.3, -0.25) is 4.98 Å². The fraction of sp³-hybridized carbons (Fsp3) is 0.500. The lowest BCUT2D eigenvalue weighted by molar-refractivity contribution is 0.162. The quantitative estimate of drug-likeness (QED) is 0.592. The minimum Gasteiger partial charge on any atom is -0.388 e. The highest BCUT2D eigenvalue weighted by molar-refractivity contribution is 7.89. The number of sulfonamides is 1. The Morgan fingerprint density at radius 3 is 2.86 bits per heavy atom. The van der Waals surface area contributed by atoms with E-state index in [1.54, 1.807) is 7.11 Å². The molecule has 0 fully saturated rings. The molecule has 0 spiro atoms. The summed E-state index contributed by atoms with van der Waals surface area (Å²) in [5.74, 6) is 0. The van der Waals surface area contributed by atoms with Gasteiger partial charge in [0, 0.05) is 32.9 Å². The maximum atomic E-state index is 12.2. The molecule has 7 nitrogen and oxygen atoms in total. The molecule has 21 heavy (non-hydrogen) atoms. The summed E-state index contributed by atoms with van der Waals surface area (Å²) in [7, 11) is -0.182. The minimum absolute atomic E-state index is 0.00274. The van der Waals surface area contributed by atoms with Crippen molar-refractivity contribution < 1.29 is 13.2 Å². The van der Waals surface area contributed by atoms with Gasteiger partial charge in [0.1, 0.15) is 15.6 Å². The molecule has 1 aromatic heterocycles. The molecule has 0 atom stereocenters. The summed E-state index contributed by atoms with van der Waals surface area (Å²) in [5, 5.41) is 0. The van der Waals surface area contributed by atoms with Crippen LogP contribution in [0.4, 0.5) is 0 Å². The van der Waals surface area contributed by atoms with E-state index < -0.39 is 10.0 Å². The molecule has 3 N–H and O–H groups in total. The molecule has 0 aliphatic carbocycles. The number of ether oxygens (including phenoxy) is 1. The van der Waals surface area contributed by atoms with E-state index in [4.69, 9.17) is 22.7 Å². The van der Waals surface area contributed by atoms with E-state index in [0.29, 0.717) is 13.2 Å². The molecule has 0 bridgehead atoms. The van der Waals surface area contributed by atoms with Gasteiger partial charge in [0.25, 0.3) is 0 Å². The number of hydrogen-bond donors (Lipinski definition) is 2. The standard InChI is InChI=1S/C12H20N4O3S2/c1-16(8-9-19-2)7-6-15-21(17,18)10-4-3-5-14-11(10)12(13)20/h3-5,15H,6-9H2,1-2H3,(H2,13,20). The van der Waals surface area contributed by atoms with Crippen molar-refractivity contribution >= 4 is 27.2 Å². The van der Waals surface area contributed by atoms with E-state index in [2.05, 4.69) is 9.71 Å². The number of hydrogen-bond acceptors (Lipinski definition) is 6. The van der Waals surface area contributed by atoms with Gasteiger partial charge >= 0.3 is 0 Å². The molecule has 0 unspecified atom stereocenters. The van der Waals surface area contributed by atoms with E-state index in [-0.39, 0.29) is 22.1 Å². The predicted octanol–water partition coefficient (Wildman–Crippen LogP) is -0.428. The Labute approximate surface area is 130 Å². The van der Waals surface area contributed by atoms with E-state index in [0.717, 1.165) is 6.54 Å². The van der Waals surface area contributed by atoms with Crippen molar-refractivity contribution in [1.29, 1.82) is 0 Å². The first-order valence-electron chi connectivity index (χ1n) is 6.30. The third-order valence-corrected chi connectivity index (χ3v) is 4.44. The van der Waals surface area contributed by atoms with Crippen LogP contribution >= 0.6 is 12.2 Å². The molecule has 0 aromatic carbocycles. The fourth-order valence-electron chi connectivity index (χ4n) is 1.60. The van der Waals surface area contributed by atoms with Crippen LogP contribution in [-0.4, -0.2) is 63.7 Å². The Kier molecular flexibility index (Phi) is 7.12. The van der Waals surface area contributed by atoms with Crippen molar-refractivity contribution in [2.45, 2.75) is 4.90 Å². The highest BCUT2D eigenvalue weighted by atomic mass is 32.2. The molecule has 0 aliphatic heterocycles. The van der Waals surface area contributed by atoms with Gasteiger partial charge < -0.3 is 15.4 Å². The Morgan fingerprint density at radius 2 is 2.24 bits per heavy atom. The first kappa shape index (κ1) is 17.9. The lowest BCUT2D eigenvalue weighted by atomic mass is 10.3. The smallest absolute Gasteiger partial charge is 0.242 e. The first-order valence-corrected chi connectivity index (χ1v) is 8.19. The molecule has 0 aliphatic rings. The summed E-state index contributed by atoms with van der Waals surface area (Å²) >= 11 is 4.82. The number of thiocarbonyl (C=S) groups is 1. The number of nitrogens with two attached hydrogens (primary N) is 1. The molecule has 0 amide bonds. The lowest BCUT2D eigenvalue weighted by Gasteiger charge is -2.16. The van der Waals surface area contributed by atoms with E-state index in [1.807, 2.05) is 11.9 Å². The van der Waals surface area contributed by atoms with Gasteiger partial charge in [0.2, 0.25) is 10.0 Å². The van der Waals surface area contributed by atoms with Crippen molar-refractivity contribution in [3.63, 3.8) is 0 Å². The van der Waals surface area contributed by atoms with Crippen molar-refractivity contribution in [2.24, 2.45) is 5.73 Å². The largest absolute Gasteiger partial charge is 0.388 e. The van der Waals surface area contributed by atoms with Gasteiger partial charge in [-0.05, 0) is 19.2 Å². The maximum Gasteiger partial charge on any atom is 0.242 e. The highest BCUT2D eigenvalue weighted by Crippen LogP contribution is 2.12. The second-order valence-electron chi connectivity index (χ2n) is 4.41. The number of rotatable bonds is 9. The molecule has 9 heteroatoms. The number of methoxy groups -OCH3 is 1. The number of pyridine rings is 1. The van der Waals surface area contributed by atoms with Gasteiger partial charge in [0.15, 0.2) is 0 Å². The number of likely N-dealkylation sites (N-methyl/N-ethyl adjacent to an activating group) is 1. The van der Waals surface area contributed by atoms with Gasteiger partial charge in [-0.1, -0.05) is 12.2 Å². The number of nitrogens with one attached hydrogen (secondary N) is 1. The van der Waals surface area contributed by atoms with Crippen molar-refractivity contribution in [1.82, 2.24) is 14.6 Å². The Bertz CT molecular complexity index is 578. The van der Waals surface area contributed by atoms with Crippen molar-refractivity contribution in [3.05, 3.63) is 24.0 Å². The van der Waals surface area contributed by atoms with Gasteiger partial charge in [-0.15, -0.1) is 0 Å². The molecular formula is C12H20N4O3S2. The molecule has 1 heterocycles. The molecule has 0 saturated heterocycles. The van der Waals surface area contributed by atoms with Crippen LogP contribution in [-0.2, 0) is 14.8 Å². The van der Waals surface area contributed by atoms with Crippen LogP contribution in [0.3, 0.4) is 0 Å². The molecule has 118 valence electrons. The van der Waals surface area contributed by atoms with Crippen LogP contribution in [0.2, 0.25) is 0 Å². The third kappa shape index (κ3) is 5.64. The van der Waals surface area contributed by atoms with E-state index in [9.17, 15) is 8.42 Å².